The number of carboxylic acid groups (broad SMARTS) is 1. The number of rotatable bonds is 8. The average molecular weight is 274 g/mol. The molecule has 104 valence electrons. The Morgan fingerprint density at radius 3 is 2.33 bits per heavy atom. The number of carbonyl (C=O) groups excluding carboxylic acids is 1. The Morgan fingerprint density at radius 2 is 1.94 bits per heavy atom. The first-order chi connectivity index (χ1) is 8.45. The van der Waals surface area contributed by atoms with Crippen molar-refractivity contribution >= 4 is 23.6 Å². The van der Waals surface area contributed by atoms with Crippen LogP contribution < -0.4 is 5.73 Å². The molecule has 1 fully saturated rings. The summed E-state index contributed by atoms with van der Waals surface area (Å²) < 4.78 is 0. The summed E-state index contributed by atoms with van der Waals surface area (Å²) in [6.45, 7) is 5.23. The van der Waals surface area contributed by atoms with Crippen molar-refractivity contribution in [1.29, 1.82) is 0 Å². The van der Waals surface area contributed by atoms with Gasteiger partial charge in [-0.1, -0.05) is 0 Å². The number of nitrogens with zero attached hydrogens (tertiary/aromatic N) is 1. The number of aliphatic carboxylic acids is 1. The van der Waals surface area contributed by atoms with Crippen LogP contribution in [-0.2, 0) is 9.59 Å². The van der Waals surface area contributed by atoms with E-state index in [9.17, 15) is 14.7 Å². The SMILES string of the molecule is CCN(CC)C(=O)CSCC(N)(C(=O)O)C1CC1. The van der Waals surface area contributed by atoms with Gasteiger partial charge in [0.1, 0.15) is 5.54 Å². The summed E-state index contributed by atoms with van der Waals surface area (Å²) in [4.78, 5) is 24.7. The second-order valence-electron chi connectivity index (χ2n) is 4.68. The fourth-order valence-corrected chi connectivity index (χ4v) is 3.08. The minimum atomic E-state index is -1.16. The summed E-state index contributed by atoms with van der Waals surface area (Å²) in [7, 11) is 0. The lowest BCUT2D eigenvalue weighted by Crippen LogP contribution is -2.52. The predicted molar refractivity (Wildman–Crippen MR) is 72.5 cm³/mol. The van der Waals surface area contributed by atoms with Crippen LogP contribution in [-0.4, -0.2) is 52.0 Å². The Labute approximate surface area is 112 Å². The molecule has 0 bridgehead atoms. The summed E-state index contributed by atoms with van der Waals surface area (Å²) in [6, 6.07) is 0. The van der Waals surface area contributed by atoms with E-state index in [1.807, 2.05) is 13.8 Å². The zero-order valence-electron chi connectivity index (χ0n) is 11.0. The van der Waals surface area contributed by atoms with Crippen LogP contribution in [0.2, 0.25) is 0 Å². The molecule has 1 unspecified atom stereocenters. The molecular formula is C12H22N2O3S. The lowest BCUT2D eigenvalue weighted by atomic mass is 9.98. The Hall–Kier alpha value is -0.750. The molecule has 1 atom stereocenters. The van der Waals surface area contributed by atoms with E-state index in [-0.39, 0.29) is 11.8 Å². The minimum absolute atomic E-state index is 0.0496. The number of amides is 1. The molecule has 1 rings (SSSR count). The molecule has 0 aromatic rings. The highest BCUT2D eigenvalue weighted by molar-refractivity contribution is 8.00. The van der Waals surface area contributed by atoms with E-state index in [4.69, 9.17) is 5.73 Å². The molecule has 0 spiro atoms. The van der Waals surface area contributed by atoms with Gasteiger partial charge in [-0.3, -0.25) is 9.59 Å². The summed E-state index contributed by atoms with van der Waals surface area (Å²) in [6.07, 6.45) is 1.76. The molecular weight excluding hydrogens is 252 g/mol. The number of carbonyl (C=O) groups is 2. The molecule has 0 aliphatic heterocycles. The molecule has 1 amide bonds. The largest absolute Gasteiger partial charge is 0.480 e. The van der Waals surface area contributed by atoms with Crippen LogP contribution in [0.5, 0.6) is 0 Å². The van der Waals surface area contributed by atoms with E-state index >= 15 is 0 Å². The standard InChI is InChI=1S/C12H22N2O3S/c1-3-14(4-2)10(15)7-18-8-12(13,11(16)17)9-5-6-9/h9H,3-8,13H2,1-2H3,(H,16,17). The third-order valence-corrected chi connectivity index (χ3v) is 4.52. The van der Waals surface area contributed by atoms with Crippen molar-refractivity contribution in [2.75, 3.05) is 24.6 Å². The van der Waals surface area contributed by atoms with Gasteiger partial charge in [-0.2, -0.15) is 0 Å². The first-order valence-electron chi connectivity index (χ1n) is 6.33. The van der Waals surface area contributed by atoms with Crippen LogP contribution >= 0.6 is 11.8 Å². The van der Waals surface area contributed by atoms with Gasteiger partial charge in [0.2, 0.25) is 5.91 Å². The summed E-state index contributed by atoms with van der Waals surface area (Å²) in [5.74, 6) is -0.215. The molecule has 6 heteroatoms. The van der Waals surface area contributed by atoms with E-state index in [1.54, 1.807) is 4.90 Å². The fourth-order valence-electron chi connectivity index (χ4n) is 1.93. The molecule has 0 radical (unpaired) electrons. The summed E-state index contributed by atoms with van der Waals surface area (Å²) in [5.41, 5.74) is 4.77. The lowest BCUT2D eigenvalue weighted by molar-refractivity contribution is -0.143. The van der Waals surface area contributed by atoms with Gasteiger partial charge >= 0.3 is 5.97 Å². The Morgan fingerprint density at radius 1 is 1.39 bits per heavy atom. The van der Waals surface area contributed by atoms with Crippen molar-refractivity contribution in [2.24, 2.45) is 11.7 Å². The zero-order valence-corrected chi connectivity index (χ0v) is 11.8. The topological polar surface area (TPSA) is 83.6 Å². The summed E-state index contributed by atoms with van der Waals surface area (Å²) in [5, 5.41) is 9.18. The Balaban J connectivity index is 2.40. The van der Waals surface area contributed by atoms with E-state index in [0.717, 1.165) is 12.8 Å². The Bertz CT molecular complexity index is 316. The van der Waals surface area contributed by atoms with Crippen LogP contribution in [0.4, 0.5) is 0 Å². The van der Waals surface area contributed by atoms with Crippen molar-refractivity contribution in [3.8, 4) is 0 Å². The van der Waals surface area contributed by atoms with Crippen molar-refractivity contribution in [1.82, 2.24) is 4.90 Å². The van der Waals surface area contributed by atoms with Gasteiger partial charge in [0.05, 0.1) is 5.75 Å². The quantitative estimate of drug-likeness (QED) is 0.683. The maximum Gasteiger partial charge on any atom is 0.324 e. The van der Waals surface area contributed by atoms with Crippen molar-refractivity contribution < 1.29 is 14.7 Å². The molecule has 0 heterocycles. The van der Waals surface area contributed by atoms with Gasteiger partial charge in [-0.15, -0.1) is 11.8 Å². The zero-order chi connectivity index (χ0) is 13.8. The smallest absolute Gasteiger partial charge is 0.324 e. The van der Waals surface area contributed by atoms with Gasteiger partial charge < -0.3 is 15.7 Å². The van der Waals surface area contributed by atoms with Gasteiger partial charge in [0.15, 0.2) is 0 Å². The van der Waals surface area contributed by atoms with Gasteiger partial charge in [0, 0.05) is 18.8 Å². The van der Waals surface area contributed by atoms with Crippen molar-refractivity contribution in [3.63, 3.8) is 0 Å². The first-order valence-corrected chi connectivity index (χ1v) is 7.49. The maximum atomic E-state index is 11.8. The molecule has 18 heavy (non-hydrogen) atoms. The Kier molecular flexibility index (Phi) is 5.47. The third-order valence-electron chi connectivity index (χ3n) is 3.39. The van der Waals surface area contributed by atoms with Crippen LogP contribution in [0.25, 0.3) is 0 Å². The second-order valence-corrected chi connectivity index (χ2v) is 5.66. The third kappa shape index (κ3) is 3.62. The molecule has 1 saturated carbocycles. The van der Waals surface area contributed by atoms with Crippen LogP contribution in [0.3, 0.4) is 0 Å². The molecule has 0 aromatic heterocycles. The lowest BCUT2D eigenvalue weighted by Gasteiger charge is -2.24. The van der Waals surface area contributed by atoms with Crippen LogP contribution in [0.15, 0.2) is 0 Å². The number of hydrogen-bond donors (Lipinski definition) is 2. The molecule has 1 aliphatic carbocycles. The number of hydrogen-bond acceptors (Lipinski definition) is 4. The highest BCUT2D eigenvalue weighted by Gasteiger charge is 2.48. The van der Waals surface area contributed by atoms with E-state index in [1.165, 1.54) is 11.8 Å². The molecule has 5 nitrogen and oxygen atoms in total. The van der Waals surface area contributed by atoms with Crippen molar-refractivity contribution in [3.05, 3.63) is 0 Å². The minimum Gasteiger partial charge on any atom is -0.480 e. The number of carboxylic acids is 1. The van der Waals surface area contributed by atoms with Gasteiger partial charge in [0.25, 0.3) is 0 Å². The van der Waals surface area contributed by atoms with Gasteiger partial charge in [-0.25, -0.2) is 0 Å². The van der Waals surface area contributed by atoms with Gasteiger partial charge in [-0.05, 0) is 32.6 Å². The second kappa shape index (κ2) is 6.43. The molecule has 3 N–H and O–H groups in total. The van der Waals surface area contributed by atoms with E-state index < -0.39 is 11.5 Å². The molecule has 1 aliphatic rings. The maximum absolute atomic E-state index is 11.8. The van der Waals surface area contributed by atoms with Crippen LogP contribution in [0.1, 0.15) is 26.7 Å². The molecule has 0 saturated heterocycles. The van der Waals surface area contributed by atoms with E-state index in [0.29, 0.717) is 24.6 Å². The normalized spacial score (nSPS) is 18.2. The number of thioether (sulfide) groups is 1. The summed E-state index contributed by atoms with van der Waals surface area (Å²) >= 11 is 1.33. The monoisotopic (exact) mass is 274 g/mol. The fraction of sp³-hybridized carbons (Fsp3) is 0.833. The average Bonchev–Trinajstić information content (AvgIpc) is 3.14. The van der Waals surface area contributed by atoms with Crippen molar-refractivity contribution in [2.45, 2.75) is 32.2 Å². The molecule has 0 aromatic carbocycles. The predicted octanol–water partition coefficient (Wildman–Crippen LogP) is 0.780. The highest BCUT2D eigenvalue weighted by atomic mass is 32.2. The van der Waals surface area contributed by atoms with Crippen LogP contribution in [0, 0.1) is 5.92 Å². The van der Waals surface area contributed by atoms with E-state index in [2.05, 4.69) is 0 Å². The highest BCUT2D eigenvalue weighted by Crippen LogP contribution is 2.40. The first kappa shape index (κ1) is 15.3. The number of nitrogens with two attached hydrogens (primary N) is 1.